The Labute approximate surface area is 144 Å². The van der Waals surface area contributed by atoms with E-state index in [1.807, 2.05) is 38.1 Å². The van der Waals surface area contributed by atoms with Gasteiger partial charge in [0.15, 0.2) is 11.4 Å². The number of nitrogens with two attached hydrogens (primary N) is 1. The van der Waals surface area contributed by atoms with Gasteiger partial charge in [-0.25, -0.2) is 4.98 Å². The average molecular weight is 333 g/mol. The van der Waals surface area contributed by atoms with Crippen molar-refractivity contribution in [2.24, 2.45) is 5.73 Å². The number of hydrogen-bond acceptors (Lipinski definition) is 5. The number of ether oxygens (including phenoxy) is 1. The van der Waals surface area contributed by atoms with Gasteiger partial charge in [0, 0.05) is 10.8 Å². The summed E-state index contributed by atoms with van der Waals surface area (Å²) in [5, 5.41) is 20.2. The Morgan fingerprint density at radius 2 is 1.88 bits per heavy atom. The maximum atomic E-state index is 11.4. The molecule has 0 bridgehead atoms. The predicted molar refractivity (Wildman–Crippen MR) is 92.6 cm³/mol. The van der Waals surface area contributed by atoms with Crippen molar-refractivity contribution in [2.45, 2.75) is 13.8 Å². The summed E-state index contributed by atoms with van der Waals surface area (Å²) >= 11 is 0. The number of nitrogens with zero attached hydrogens (tertiary/aromatic N) is 2. The molecular formula is C19H15N3O3. The molecule has 0 radical (unpaired) electrons. The third-order valence-electron chi connectivity index (χ3n) is 3.92. The highest BCUT2D eigenvalue weighted by molar-refractivity contribution is 6.02. The first-order chi connectivity index (χ1) is 11.9. The molecule has 1 aromatic heterocycles. The first kappa shape index (κ1) is 16.3. The molecule has 0 aliphatic carbocycles. The van der Waals surface area contributed by atoms with Crippen molar-refractivity contribution in [3.63, 3.8) is 0 Å². The minimum atomic E-state index is -0.897. The van der Waals surface area contributed by atoms with Crippen molar-refractivity contribution in [1.82, 2.24) is 4.98 Å². The lowest BCUT2D eigenvalue weighted by Gasteiger charge is -2.13. The summed E-state index contributed by atoms with van der Waals surface area (Å²) in [7, 11) is 0. The van der Waals surface area contributed by atoms with Crippen molar-refractivity contribution in [3.05, 3.63) is 58.9 Å². The molecule has 0 fully saturated rings. The molecule has 25 heavy (non-hydrogen) atoms. The molecular weight excluding hydrogens is 318 g/mol. The second-order valence-corrected chi connectivity index (χ2v) is 5.66. The van der Waals surface area contributed by atoms with Crippen LogP contribution in [-0.4, -0.2) is 16.0 Å². The standard InChI is InChI=1S/C19H15N3O3/c1-10-4-3-5-11(2)18(10)25-12-6-7-13-14(8-12)15(9-20)22-16(17(13)23)19(21)24/h3-8,23H,1-2H3,(H2,21,24). The third kappa shape index (κ3) is 2.83. The molecule has 3 aromatic rings. The summed E-state index contributed by atoms with van der Waals surface area (Å²) in [6.07, 6.45) is 0. The summed E-state index contributed by atoms with van der Waals surface area (Å²) in [5.41, 5.74) is 6.82. The fraction of sp³-hybridized carbons (Fsp3) is 0.105. The van der Waals surface area contributed by atoms with Crippen LogP contribution in [0.5, 0.6) is 17.2 Å². The largest absolute Gasteiger partial charge is 0.505 e. The van der Waals surface area contributed by atoms with E-state index >= 15 is 0 Å². The summed E-state index contributed by atoms with van der Waals surface area (Å²) < 4.78 is 5.95. The van der Waals surface area contributed by atoms with Gasteiger partial charge < -0.3 is 15.6 Å². The van der Waals surface area contributed by atoms with Gasteiger partial charge >= 0.3 is 0 Å². The first-order valence-electron chi connectivity index (χ1n) is 7.53. The quantitative estimate of drug-likeness (QED) is 0.764. The predicted octanol–water partition coefficient (Wildman–Crippen LogP) is 3.32. The molecule has 0 aliphatic heterocycles. The second kappa shape index (κ2) is 6.13. The lowest BCUT2D eigenvalue weighted by atomic mass is 10.1. The van der Waals surface area contributed by atoms with Gasteiger partial charge in [0.1, 0.15) is 23.3 Å². The van der Waals surface area contributed by atoms with E-state index in [0.717, 1.165) is 16.9 Å². The number of rotatable bonds is 3. The zero-order valence-electron chi connectivity index (χ0n) is 13.7. The zero-order chi connectivity index (χ0) is 18.1. The first-order valence-corrected chi connectivity index (χ1v) is 7.53. The van der Waals surface area contributed by atoms with Crippen LogP contribution in [0.15, 0.2) is 36.4 Å². The highest BCUT2D eigenvalue weighted by atomic mass is 16.5. The van der Waals surface area contributed by atoms with Crippen molar-refractivity contribution in [2.75, 3.05) is 0 Å². The normalized spacial score (nSPS) is 10.4. The molecule has 0 spiro atoms. The second-order valence-electron chi connectivity index (χ2n) is 5.66. The number of hydrogen-bond donors (Lipinski definition) is 2. The van der Waals surface area contributed by atoms with Crippen LogP contribution in [0.4, 0.5) is 0 Å². The smallest absolute Gasteiger partial charge is 0.271 e. The number of carbonyl (C=O) groups is 1. The monoisotopic (exact) mass is 333 g/mol. The third-order valence-corrected chi connectivity index (χ3v) is 3.92. The van der Waals surface area contributed by atoms with Gasteiger partial charge in [0.2, 0.25) is 0 Å². The molecule has 0 saturated heterocycles. The van der Waals surface area contributed by atoms with Crippen LogP contribution in [0.25, 0.3) is 10.8 Å². The summed E-state index contributed by atoms with van der Waals surface area (Å²) in [6.45, 7) is 3.88. The number of primary amides is 1. The van der Waals surface area contributed by atoms with E-state index in [4.69, 9.17) is 10.5 Å². The molecule has 0 unspecified atom stereocenters. The van der Waals surface area contributed by atoms with Gasteiger partial charge in [-0.05, 0) is 43.2 Å². The maximum Gasteiger partial charge on any atom is 0.271 e. The SMILES string of the molecule is Cc1cccc(C)c1Oc1ccc2c(O)c(C(N)=O)nc(C#N)c2c1. The molecule has 0 saturated carbocycles. The summed E-state index contributed by atoms with van der Waals surface area (Å²) in [4.78, 5) is 15.2. The van der Waals surface area contributed by atoms with Gasteiger partial charge in [-0.3, -0.25) is 4.79 Å². The van der Waals surface area contributed by atoms with E-state index in [2.05, 4.69) is 4.98 Å². The van der Waals surface area contributed by atoms with Crippen LogP contribution in [0.1, 0.15) is 27.3 Å². The number of aromatic nitrogens is 1. The number of aromatic hydroxyl groups is 1. The summed E-state index contributed by atoms with van der Waals surface area (Å²) in [5.74, 6) is -0.0207. The van der Waals surface area contributed by atoms with Crippen LogP contribution in [0.2, 0.25) is 0 Å². The molecule has 2 aromatic carbocycles. The van der Waals surface area contributed by atoms with Gasteiger partial charge in [0.05, 0.1) is 0 Å². The fourth-order valence-corrected chi connectivity index (χ4v) is 2.68. The van der Waals surface area contributed by atoms with Crippen LogP contribution in [-0.2, 0) is 0 Å². The number of fused-ring (bicyclic) bond motifs is 1. The highest BCUT2D eigenvalue weighted by Crippen LogP contribution is 2.35. The Kier molecular flexibility index (Phi) is 3.99. The Hall–Kier alpha value is -3.59. The Balaban J connectivity index is 2.16. The average Bonchev–Trinajstić information content (AvgIpc) is 2.58. The lowest BCUT2D eigenvalue weighted by molar-refractivity contribution is 0.0993. The van der Waals surface area contributed by atoms with Gasteiger partial charge in [-0.15, -0.1) is 0 Å². The van der Waals surface area contributed by atoms with E-state index in [1.165, 1.54) is 0 Å². The molecule has 1 amide bonds. The van der Waals surface area contributed by atoms with Gasteiger partial charge in [-0.1, -0.05) is 18.2 Å². The van der Waals surface area contributed by atoms with Gasteiger partial charge in [0.25, 0.3) is 5.91 Å². The number of amides is 1. The van der Waals surface area contributed by atoms with Gasteiger partial charge in [-0.2, -0.15) is 5.26 Å². The Bertz CT molecular complexity index is 1030. The van der Waals surface area contributed by atoms with E-state index < -0.39 is 5.91 Å². The molecule has 1 heterocycles. The molecule has 124 valence electrons. The fourth-order valence-electron chi connectivity index (χ4n) is 2.68. The maximum absolute atomic E-state index is 11.4. The van der Waals surface area contributed by atoms with Crippen molar-refractivity contribution in [3.8, 4) is 23.3 Å². The van der Waals surface area contributed by atoms with E-state index in [0.29, 0.717) is 16.5 Å². The number of pyridine rings is 1. The van der Waals surface area contributed by atoms with Crippen molar-refractivity contribution in [1.29, 1.82) is 5.26 Å². The number of aryl methyl sites for hydroxylation is 2. The molecule has 6 heteroatoms. The Morgan fingerprint density at radius 1 is 1.20 bits per heavy atom. The molecule has 6 nitrogen and oxygen atoms in total. The Morgan fingerprint density at radius 3 is 2.48 bits per heavy atom. The summed E-state index contributed by atoms with van der Waals surface area (Å²) in [6, 6.07) is 12.6. The van der Waals surface area contributed by atoms with E-state index in [1.54, 1.807) is 18.2 Å². The minimum Gasteiger partial charge on any atom is -0.505 e. The number of carbonyl (C=O) groups excluding carboxylic acids is 1. The zero-order valence-corrected chi connectivity index (χ0v) is 13.7. The highest BCUT2D eigenvalue weighted by Gasteiger charge is 2.18. The van der Waals surface area contributed by atoms with Crippen molar-refractivity contribution >= 4 is 16.7 Å². The molecule has 3 N–H and O–H groups in total. The molecule has 0 aliphatic rings. The topological polar surface area (TPSA) is 109 Å². The minimum absolute atomic E-state index is 0.00597. The van der Waals surface area contributed by atoms with Crippen molar-refractivity contribution < 1.29 is 14.6 Å². The van der Waals surface area contributed by atoms with Crippen LogP contribution in [0.3, 0.4) is 0 Å². The molecule has 0 atom stereocenters. The van der Waals surface area contributed by atoms with E-state index in [9.17, 15) is 15.2 Å². The molecule has 3 rings (SSSR count). The lowest BCUT2D eigenvalue weighted by Crippen LogP contribution is -2.14. The number of nitriles is 1. The van der Waals surface area contributed by atoms with Crippen LogP contribution < -0.4 is 10.5 Å². The van der Waals surface area contributed by atoms with E-state index in [-0.39, 0.29) is 17.1 Å². The van der Waals surface area contributed by atoms with Crippen LogP contribution in [0, 0.1) is 25.2 Å². The number of para-hydroxylation sites is 1. The number of benzene rings is 2. The van der Waals surface area contributed by atoms with Crippen LogP contribution >= 0.6 is 0 Å².